The van der Waals surface area contributed by atoms with Gasteiger partial charge in [-0.05, 0) is 41.0 Å². The van der Waals surface area contributed by atoms with Crippen molar-refractivity contribution in [1.29, 1.82) is 0 Å². The molecule has 0 aliphatic carbocycles. The van der Waals surface area contributed by atoms with Crippen LogP contribution in [0.15, 0.2) is 88.8 Å². The van der Waals surface area contributed by atoms with Crippen molar-refractivity contribution in [3.05, 3.63) is 111 Å². The van der Waals surface area contributed by atoms with E-state index in [-0.39, 0.29) is 11.6 Å². The number of aromatic nitrogens is 3. The molecule has 0 bridgehead atoms. The number of anilines is 1. The van der Waals surface area contributed by atoms with E-state index in [2.05, 4.69) is 29.2 Å². The average molecular weight is 529 g/mol. The van der Waals surface area contributed by atoms with Crippen LogP contribution in [0.5, 0.6) is 0 Å². The minimum absolute atomic E-state index is 0.0251. The van der Waals surface area contributed by atoms with Crippen LogP contribution in [0.2, 0.25) is 5.02 Å². The molecule has 2 aliphatic rings. The van der Waals surface area contributed by atoms with Crippen molar-refractivity contribution in [3.8, 4) is 5.69 Å². The van der Waals surface area contributed by atoms with Crippen LogP contribution < -0.4 is 10.7 Å². The van der Waals surface area contributed by atoms with E-state index in [4.69, 9.17) is 26.5 Å². The fourth-order valence-electron chi connectivity index (χ4n) is 5.03. The van der Waals surface area contributed by atoms with Crippen molar-refractivity contribution in [1.82, 2.24) is 19.2 Å². The van der Waals surface area contributed by atoms with Gasteiger partial charge in [0.25, 0.3) is 0 Å². The van der Waals surface area contributed by atoms with Crippen molar-refractivity contribution in [2.75, 3.05) is 37.9 Å². The molecule has 4 aromatic rings. The largest absolute Gasteiger partial charge is 0.379 e. The maximum Gasteiger partial charge on any atom is 0.351 e. The van der Waals surface area contributed by atoms with Gasteiger partial charge in [-0.15, -0.1) is 5.10 Å². The number of ether oxygens (including phenoxy) is 1. The maximum absolute atomic E-state index is 13.2. The van der Waals surface area contributed by atoms with Gasteiger partial charge < -0.3 is 4.74 Å². The van der Waals surface area contributed by atoms with Gasteiger partial charge in [-0.25, -0.2) is 9.80 Å². The topological polar surface area (TPSA) is 67.9 Å². The molecule has 0 saturated carbocycles. The second-order valence-electron chi connectivity index (χ2n) is 9.65. The Morgan fingerprint density at radius 1 is 0.947 bits per heavy atom. The predicted octanol–water partition coefficient (Wildman–Crippen LogP) is 4.06. The zero-order valence-corrected chi connectivity index (χ0v) is 22.0. The first-order chi connectivity index (χ1) is 18.6. The lowest BCUT2D eigenvalue weighted by atomic mass is 9.91. The second kappa shape index (κ2) is 10.6. The molecule has 1 fully saturated rings. The van der Waals surface area contributed by atoms with E-state index >= 15 is 0 Å². The highest BCUT2D eigenvalue weighted by molar-refractivity contribution is 6.30. The molecule has 38 heavy (non-hydrogen) atoms. The summed E-state index contributed by atoms with van der Waals surface area (Å²) in [4.78, 5) is 15.6. The monoisotopic (exact) mass is 528 g/mol. The molecule has 2 aliphatic heterocycles. The highest BCUT2D eigenvalue weighted by Crippen LogP contribution is 2.31. The molecular weight excluding hydrogens is 500 g/mol. The summed E-state index contributed by atoms with van der Waals surface area (Å²) in [6.07, 6.45) is 0. The smallest absolute Gasteiger partial charge is 0.351 e. The first-order valence-corrected chi connectivity index (χ1v) is 13.2. The molecule has 6 rings (SSSR count). The molecule has 194 valence electrons. The summed E-state index contributed by atoms with van der Waals surface area (Å²) in [7, 11) is 1.74. The Balaban J connectivity index is 1.30. The van der Waals surface area contributed by atoms with Gasteiger partial charge in [0.1, 0.15) is 0 Å². The molecule has 9 heteroatoms. The van der Waals surface area contributed by atoms with Crippen LogP contribution in [0.25, 0.3) is 5.69 Å². The third-order valence-electron chi connectivity index (χ3n) is 7.14. The number of morpholine rings is 1. The highest BCUT2D eigenvalue weighted by atomic mass is 35.5. The summed E-state index contributed by atoms with van der Waals surface area (Å²) >= 11 is 6.15. The molecule has 0 unspecified atom stereocenters. The molecule has 1 saturated heterocycles. The fraction of sp³-hybridized carbons (Fsp3) is 0.276. The summed E-state index contributed by atoms with van der Waals surface area (Å²) in [5, 5.41) is 12.2. The summed E-state index contributed by atoms with van der Waals surface area (Å²) in [5.74, 6) is 0.523. The number of hydrazone groups is 1. The Hall–Kier alpha value is -3.72. The predicted molar refractivity (Wildman–Crippen MR) is 149 cm³/mol. The number of benzene rings is 3. The molecule has 1 aromatic heterocycles. The molecular formula is C29H29ClN6O2. The Bertz CT molecular complexity index is 1490. The number of rotatable bonds is 6. The van der Waals surface area contributed by atoms with E-state index in [1.54, 1.807) is 11.6 Å². The lowest BCUT2D eigenvalue weighted by Crippen LogP contribution is -2.35. The first kappa shape index (κ1) is 24.6. The van der Waals surface area contributed by atoms with Gasteiger partial charge in [-0.3, -0.25) is 9.47 Å². The molecule has 3 heterocycles. The Morgan fingerprint density at radius 3 is 2.37 bits per heavy atom. The van der Waals surface area contributed by atoms with E-state index in [0.717, 1.165) is 55.4 Å². The minimum atomic E-state index is -0.215. The van der Waals surface area contributed by atoms with Crippen LogP contribution in [-0.4, -0.2) is 57.8 Å². The third kappa shape index (κ3) is 4.90. The van der Waals surface area contributed by atoms with Gasteiger partial charge in [-0.2, -0.15) is 9.78 Å². The number of hydrogen-bond donors (Lipinski definition) is 0. The number of hydrogen-bond acceptors (Lipinski definition) is 6. The highest BCUT2D eigenvalue weighted by Gasteiger charge is 2.32. The van der Waals surface area contributed by atoms with Crippen LogP contribution in [-0.2, 0) is 18.3 Å². The van der Waals surface area contributed by atoms with Gasteiger partial charge in [-0.1, -0.05) is 66.2 Å². The normalized spacial score (nSPS) is 18.1. The lowest BCUT2D eigenvalue weighted by molar-refractivity contribution is 0.0342. The van der Waals surface area contributed by atoms with Crippen molar-refractivity contribution in [2.24, 2.45) is 12.1 Å². The molecule has 0 amide bonds. The fourth-order valence-corrected chi connectivity index (χ4v) is 5.16. The van der Waals surface area contributed by atoms with Crippen molar-refractivity contribution in [2.45, 2.75) is 12.5 Å². The van der Waals surface area contributed by atoms with Gasteiger partial charge in [0.15, 0.2) is 0 Å². The Labute approximate surface area is 226 Å². The lowest BCUT2D eigenvalue weighted by Gasteiger charge is -2.26. The maximum atomic E-state index is 13.2. The summed E-state index contributed by atoms with van der Waals surface area (Å²) in [6.45, 7) is 4.85. The van der Waals surface area contributed by atoms with Crippen LogP contribution in [0.4, 0.5) is 5.95 Å². The van der Waals surface area contributed by atoms with E-state index in [9.17, 15) is 4.79 Å². The van der Waals surface area contributed by atoms with E-state index in [1.807, 2.05) is 59.6 Å². The van der Waals surface area contributed by atoms with Gasteiger partial charge in [0, 0.05) is 37.6 Å². The summed E-state index contributed by atoms with van der Waals surface area (Å²) in [6, 6.07) is 26.0. The number of nitrogens with zero attached hydrogens (tertiary/aromatic N) is 6. The zero-order chi connectivity index (χ0) is 26.1. The first-order valence-electron chi connectivity index (χ1n) is 12.8. The van der Waals surface area contributed by atoms with Crippen molar-refractivity contribution < 1.29 is 4.74 Å². The van der Waals surface area contributed by atoms with Crippen LogP contribution in [0.3, 0.4) is 0 Å². The van der Waals surface area contributed by atoms with Gasteiger partial charge in [0.05, 0.1) is 31.2 Å². The van der Waals surface area contributed by atoms with Crippen LogP contribution in [0, 0.1) is 0 Å². The number of halogens is 1. The van der Waals surface area contributed by atoms with Gasteiger partial charge >= 0.3 is 5.69 Å². The summed E-state index contributed by atoms with van der Waals surface area (Å²) < 4.78 is 8.44. The standard InChI is InChI=1S/C29H29ClN6O2/c1-33-28(32-36(29(33)37)25-13-7-21(8-14-25)19-34-15-17-38-18-16-34)35-20-26(22-5-3-2-4-6-22)27(31-35)23-9-11-24(30)12-10-23/h2-14,26H,15-20H2,1H3/t26-/m1/s1. The molecule has 1 atom stereocenters. The second-order valence-corrected chi connectivity index (χ2v) is 10.1. The van der Waals surface area contributed by atoms with Crippen molar-refractivity contribution >= 4 is 23.3 Å². The molecule has 8 nitrogen and oxygen atoms in total. The quantitative estimate of drug-likeness (QED) is 0.377. The van der Waals surface area contributed by atoms with Gasteiger partial charge in [0.2, 0.25) is 5.95 Å². The third-order valence-corrected chi connectivity index (χ3v) is 7.39. The van der Waals surface area contributed by atoms with Crippen molar-refractivity contribution in [3.63, 3.8) is 0 Å². The average Bonchev–Trinajstić information content (AvgIpc) is 3.52. The molecule has 0 radical (unpaired) electrons. The molecule has 0 N–H and O–H groups in total. The minimum Gasteiger partial charge on any atom is -0.379 e. The van der Waals surface area contributed by atoms with Crippen LogP contribution in [0.1, 0.15) is 22.6 Å². The summed E-state index contributed by atoms with van der Waals surface area (Å²) in [5.41, 5.74) is 4.77. The Morgan fingerprint density at radius 2 is 1.66 bits per heavy atom. The Kier molecular flexibility index (Phi) is 6.84. The van der Waals surface area contributed by atoms with E-state index < -0.39 is 0 Å². The molecule has 3 aromatic carbocycles. The van der Waals surface area contributed by atoms with E-state index in [0.29, 0.717) is 17.5 Å². The van der Waals surface area contributed by atoms with Crippen LogP contribution >= 0.6 is 11.6 Å². The zero-order valence-electron chi connectivity index (χ0n) is 21.2. The SMILES string of the molecule is Cn1c(N2C[C@H](c3ccccc3)C(c3ccc(Cl)cc3)=N2)nn(-c2ccc(CN3CCOCC3)cc2)c1=O. The molecule has 0 spiro atoms. The van der Waals surface area contributed by atoms with E-state index in [1.165, 1.54) is 10.2 Å².